The van der Waals surface area contributed by atoms with Gasteiger partial charge in [-0.1, -0.05) is 36.4 Å². The van der Waals surface area contributed by atoms with Crippen LogP contribution in [-0.2, 0) is 12.7 Å². The third-order valence-corrected chi connectivity index (χ3v) is 5.07. The molecule has 2 aromatic carbocycles. The van der Waals surface area contributed by atoms with E-state index in [1.165, 1.54) is 17.7 Å². The summed E-state index contributed by atoms with van der Waals surface area (Å²) in [5.74, 6) is 0.601. The van der Waals surface area contributed by atoms with Gasteiger partial charge in [0, 0.05) is 19.6 Å². The van der Waals surface area contributed by atoms with Gasteiger partial charge in [-0.25, -0.2) is 0 Å². The van der Waals surface area contributed by atoms with Gasteiger partial charge in [0.2, 0.25) is 0 Å². The number of halogens is 3. The van der Waals surface area contributed by atoms with Gasteiger partial charge in [-0.3, -0.25) is 4.90 Å². The highest BCUT2D eigenvalue weighted by Gasteiger charge is 2.39. The molecule has 0 radical (unpaired) electrons. The number of fused-ring (bicyclic) bond motifs is 5. The van der Waals surface area contributed by atoms with Crippen molar-refractivity contribution in [3.63, 3.8) is 0 Å². The van der Waals surface area contributed by atoms with E-state index < -0.39 is 11.7 Å². The highest BCUT2D eigenvalue weighted by atomic mass is 19.4. The van der Waals surface area contributed by atoms with E-state index in [0.29, 0.717) is 5.92 Å². The molecule has 0 saturated carbocycles. The minimum absolute atomic E-state index is 0.231. The van der Waals surface area contributed by atoms with Gasteiger partial charge in [0.05, 0.1) is 5.56 Å². The number of nitrogens with zero attached hydrogens (tertiary/aromatic N) is 1. The molecule has 1 saturated heterocycles. The van der Waals surface area contributed by atoms with Crippen molar-refractivity contribution in [3.8, 4) is 0 Å². The molecule has 1 aliphatic heterocycles. The monoisotopic (exact) mass is 317 g/mol. The Morgan fingerprint density at radius 1 is 0.913 bits per heavy atom. The molecular weight excluding hydrogens is 299 g/mol. The average molecular weight is 317 g/mol. The predicted molar refractivity (Wildman–Crippen MR) is 83.3 cm³/mol. The highest BCUT2D eigenvalue weighted by Crippen LogP contribution is 2.47. The summed E-state index contributed by atoms with van der Waals surface area (Å²) in [5, 5.41) is 0. The molecular formula is C19H18F3N. The van der Waals surface area contributed by atoms with E-state index in [1.807, 2.05) is 18.2 Å². The zero-order valence-corrected chi connectivity index (χ0v) is 12.7. The summed E-state index contributed by atoms with van der Waals surface area (Å²) in [6.07, 6.45) is -3.27. The van der Waals surface area contributed by atoms with Crippen LogP contribution in [0, 0.1) is 0 Å². The van der Waals surface area contributed by atoms with Crippen LogP contribution in [0.1, 0.15) is 40.5 Å². The van der Waals surface area contributed by atoms with E-state index in [9.17, 15) is 13.2 Å². The van der Waals surface area contributed by atoms with Crippen molar-refractivity contribution < 1.29 is 13.2 Å². The van der Waals surface area contributed by atoms with Gasteiger partial charge in [-0.2, -0.15) is 13.2 Å². The summed E-state index contributed by atoms with van der Waals surface area (Å²) in [6, 6.07) is 14.6. The molecule has 2 aliphatic rings. The van der Waals surface area contributed by atoms with Crippen molar-refractivity contribution >= 4 is 0 Å². The lowest BCUT2D eigenvalue weighted by atomic mass is 9.95. The molecule has 120 valence electrons. The molecule has 4 heteroatoms. The molecule has 2 bridgehead atoms. The number of likely N-dealkylation sites (tertiary alicyclic amines) is 1. The third-order valence-electron chi connectivity index (χ3n) is 5.07. The Hall–Kier alpha value is -1.81. The summed E-state index contributed by atoms with van der Waals surface area (Å²) in [7, 11) is 0. The SMILES string of the molecule is FC(F)(F)c1ccc2c(c1)[C@@H]1C[C@H]2CN(Cc2ccccc2)C1. The largest absolute Gasteiger partial charge is 0.416 e. The Bertz CT molecular complexity index is 708. The molecule has 0 N–H and O–H groups in total. The van der Waals surface area contributed by atoms with Crippen LogP contribution in [0.25, 0.3) is 0 Å². The first-order chi connectivity index (χ1) is 11.0. The fourth-order valence-electron chi connectivity index (χ4n) is 4.09. The van der Waals surface area contributed by atoms with Gasteiger partial charge in [0.1, 0.15) is 0 Å². The van der Waals surface area contributed by atoms with Gasteiger partial charge in [0.25, 0.3) is 0 Å². The van der Waals surface area contributed by atoms with Crippen LogP contribution in [0.3, 0.4) is 0 Å². The second-order valence-corrected chi connectivity index (χ2v) is 6.65. The number of alkyl halides is 3. The maximum atomic E-state index is 13.0. The number of hydrogen-bond acceptors (Lipinski definition) is 1. The summed E-state index contributed by atoms with van der Waals surface area (Å²) < 4.78 is 38.9. The Balaban J connectivity index is 1.57. The maximum absolute atomic E-state index is 13.0. The van der Waals surface area contributed by atoms with Crippen molar-refractivity contribution in [1.82, 2.24) is 4.90 Å². The minimum atomic E-state index is -4.25. The zero-order valence-electron chi connectivity index (χ0n) is 12.7. The molecule has 4 rings (SSSR count). The van der Waals surface area contributed by atoms with Gasteiger partial charge in [0.15, 0.2) is 0 Å². The zero-order chi connectivity index (χ0) is 16.0. The quantitative estimate of drug-likeness (QED) is 0.769. The fraction of sp³-hybridized carbons (Fsp3) is 0.368. The lowest BCUT2D eigenvalue weighted by Gasteiger charge is -2.32. The Morgan fingerprint density at radius 2 is 1.61 bits per heavy atom. The first kappa shape index (κ1) is 14.8. The standard InChI is InChI=1S/C19H18F3N/c20-19(21,22)16-6-7-17-14-8-15(18(17)9-16)12-23(11-14)10-13-4-2-1-3-5-13/h1-7,9,14-15H,8,10-12H2/t14-,15+/m0/s1. The first-order valence-electron chi connectivity index (χ1n) is 7.98. The maximum Gasteiger partial charge on any atom is 0.416 e. The second kappa shape index (κ2) is 5.38. The van der Waals surface area contributed by atoms with E-state index in [-0.39, 0.29) is 5.92 Å². The highest BCUT2D eigenvalue weighted by molar-refractivity contribution is 5.43. The normalized spacial score (nSPS) is 23.8. The average Bonchev–Trinajstić information content (AvgIpc) is 2.78. The summed E-state index contributed by atoms with van der Waals surface area (Å²) in [6.45, 7) is 2.65. The molecule has 1 aliphatic carbocycles. The Morgan fingerprint density at radius 3 is 2.30 bits per heavy atom. The minimum Gasteiger partial charge on any atom is -0.298 e. The Kier molecular flexibility index (Phi) is 3.45. The number of piperidine rings is 1. The molecule has 2 aromatic rings. The van der Waals surface area contributed by atoms with Crippen molar-refractivity contribution in [1.29, 1.82) is 0 Å². The van der Waals surface area contributed by atoms with Gasteiger partial charge < -0.3 is 0 Å². The van der Waals surface area contributed by atoms with E-state index in [4.69, 9.17) is 0 Å². The second-order valence-electron chi connectivity index (χ2n) is 6.65. The summed E-state index contributed by atoms with van der Waals surface area (Å²) >= 11 is 0. The summed E-state index contributed by atoms with van der Waals surface area (Å²) in [5.41, 5.74) is 2.78. The predicted octanol–water partition coefficient (Wildman–Crippen LogP) is 4.79. The molecule has 0 aromatic heterocycles. The lowest BCUT2D eigenvalue weighted by molar-refractivity contribution is -0.137. The van der Waals surface area contributed by atoms with E-state index in [0.717, 1.165) is 37.2 Å². The molecule has 0 unspecified atom stereocenters. The smallest absolute Gasteiger partial charge is 0.298 e. The summed E-state index contributed by atoms with van der Waals surface area (Å²) in [4.78, 5) is 2.38. The van der Waals surface area contributed by atoms with Crippen LogP contribution < -0.4 is 0 Å². The molecule has 0 amide bonds. The van der Waals surface area contributed by atoms with Crippen LogP contribution in [0.4, 0.5) is 13.2 Å². The fourth-order valence-corrected chi connectivity index (χ4v) is 4.09. The molecule has 23 heavy (non-hydrogen) atoms. The molecule has 2 atom stereocenters. The molecule has 1 heterocycles. The van der Waals surface area contributed by atoms with Crippen LogP contribution in [0.2, 0.25) is 0 Å². The van der Waals surface area contributed by atoms with Crippen LogP contribution in [0.15, 0.2) is 48.5 Å². The molecule has 1 nitrogen and oxygen atoms in total. The Labute approximate surface area is 133 Å². The lowest BCUT2D eigenvalue weighted by Crippen LogP contribution is -2.34. The van der Waals surface area contributed by atoms with Crippen LogP contribution in [0.5, 0.6) is 0 Å². The third kappa shape index (κ3) is 2.76. The molecule has 0 spiro atoms. The van der Waals surface area contributed by atoms with E-state index in [2.05, 4.69) is 17.0 Å². The van der Waals surface area contributed by atoms with Crippen LogP contribution in [-0.4, -0.2) is 18.0 Å². The topological polar surface area (TPSA) is 3.24 Å². The van der Waals surface area contributed by atoms with Gasteiger partial charge in [-0.15, -0.1) is 0 Å². The number of benzene rings is 2. The number of rotatable bonds is 2. The van der Waals surface area contributed by atoms with Crippen molar-refractivity contribution in [2.45, 2.75) is 31.0 Å². The van der Waals surface area contributed by atoms with Crippen molar-refractivity contribution in [2.75, 3.05) is 13.1 Å². The van der Waals surface area contributed by atoms with Crippen LogP contribution >= 0.6 is 0 Å². The van der Waals surface area contributed by atoms with E-state index in [1.54, 1.807) is 6.07 Å². The van der Waals surface area contributed by atoms with Gasteiger partial charge in [-0.05, 0) is 47.1 Å². The van der Waals surface area contributed by atoms with Crippen molar-refractivity contribution in [3.05, 3.63) is 70.8 Å². The van der Waals surface area contributed by atoms with Crippen molar-refractivity contribution in [2.24, 2.45) is 0 Å². The first-order valence-corrected chi connectivity index (χ1v) is 7.98. The van der Waals surface area contributed by atoms with E-state index >= 15 is 0 Å². The number of hydrogen-bond donors (Lipinski definition) is 0. The van der Waals surface area contributed by atoms with Gasteiger partial charge >= 0.3 is 6.18 Å². The molecule has 1 fully saturated rings.